The van der Waals surface area contributed by atoms with Gasteiger partial charge >= 0.3 is 0 Å². The van der Waals surface area contributed by atoms with E-state index in [0.29, 0.717) is 11.5 Å². The van der Waals surface area contributed by atoms with E-state index in [2.05, 4.69) is 70.2 Å². The second-order valence-corrected chi connectivity index (χ2v) is 8.28. The first kappa shape index (κ1) is 18.0. The summed E-state index contributed by atoms with van der Waals surface area (Å²) in [4.78, 5) is 0. The third kappa shape index (κ3) is 4.87. The molecule has 1 fully saturated rings. The first-order chi connectivity index (χ1) is 12.0. The fourth-order valence-corrected chi connectivity index (χ4v) is 3.69. The zero-order chi connectivity index (χ0) is 17.9. The first-order valence-corrected chi connectivity index (χ1v) is 9.89. The third-order valence-electron chi connectivity index (χ3n) is 5.15. The summed E-state index contributed by atoms with van der Waals surface area (Å²) in [6.07, 6.45) is 7.55. The molecule has 1 aliphatic carbocycles. The van der Waals surface area contributed by atoms with E-state index in [1.807, 2.05) is 0 Å². The Bertz CT molecular complexity index is 710. The molecule has 1 heteroatoms. The van der Waals surface area contributed by atoms with Crippen molar-refractivity contribution in [2.24, 2.45) is 5.41 Å². The van der Waals surface area contributed by atoms with Gasteiger partial charge in [-0.15, -0.1) is 0 Å². The summed E-state index contributed by atoms with van der Waals surface area (Å²) < 4.78 is 6.01. The summed E-state index contributed by atoms with van der Waals surface area (Å²) in [5, 5.41) is 0. The number of hydrogen-bond acceptors (Lipinski definition) is 1. The molecule has 3 rings (SSSR count). The van der Waals surface area contributed by atoms with Crippen LogP contribution in [0.4, 0.5) is 0 Å². The first-order valence-electron chi connectivity index (χ1n) is 9.89. The van der Waals surface area contributed by atoms with Crippen molar-refractivity contribution in [3.63, 3.8) is 0 Å². The maximum absolute atomic E-state index is 6.01. The Labute approximate surface area is 153 Å². The van der Waals surface area contributed by atoms with Gasteiger partial charge in [0.2, 0.25) is 0 Å². The number of hydrogen-bond donors (Lipinski definition) is 0. The zero-order valence-corrected chi connectivity index (χ0v) is 16.3. The maximum atomic E-state index is 6.01. The summed E-state index contributed by atoms with van der Waals surface area (Å²) >= 11 is 0. The van der Waals surface area contributed by atoms with Gasteiger partial charge in [0.25, 0.3) is 0 Å². The van der Waals surface area contributed by atoms with Gasteiger partial charge in [0.05, 0.1) is 6.10 Å². The lowest BCUT2D eigenvalue weighted by molar-refractivity contribution is 0.303. The Kier molecular flexibility index (Phi) is 5.51. The lowest BCUT2D eigenvalue weighted by atomic mass is 9.79. The predicted octanol–water partition coefficient (Wildman–Crippen LogP) is 6.83. The van der Waals surface area contributed by atoms with Crippen LogP contribution in [-0.4, -0.2) is 6.10 Å². The summed E-state index contributed by atoms with van der Waals surface area (Å²) in [6, 6.07) is 15.7. The van der Waals surface area contributed by atoms with Crippen LogP contribution in [0.15, 0.2) is 42.5 Å². The molecule has 0 N–H and O–H groups in total. The zero-order valence-electron chi connectivity index (χ0n) is 16.3. The molecule has 0 aliphatic heterocycles. The quantitative estimate of drug-likeness (QED) is 0.513. The van der Waals surface area contributed by atoms with Gasteiger partial charge < -0.3 is 4.74 Å². The fourth-order valence-electron chi connectivity index (χ4n) is 3.69. The topological polar surface area (TPSA) is 9.23 Å². The summed E-state index contributed by atoms with van der Waals surface area (Å²) in [7, 11) is 0. The summed E-state index contributed by atoms with van der Waals surface area (Å²) in [6.45, 7) is 9.31. The van der Waals surface area contributed by atoms with Gasteiger partial charge in [0.15, 0.2) is 0 Å². The van der Waals surface area contributed by atoms with E-state index in [4.69, 9.17) is 4.74 Å². The van der Waals surface area contributed by atoms with E-state index in [0.717, 1.165) is 18.6 Å². The molecule has 0 amide bonds. The highest BCUT2D eigenvalue weighted by Gasteiger charge is 2.24. The predicted molar refractivity (Wildman–Crippen MR) is 107 cm³/mol. The highest BCUT2D eigenvalue weighted by molar-refractivity contribution is 5.69. The smallest absolute Gasteiger partial charge is 0.120 e. The Morgan fingerprint density at radius 2 is 1.84 bits per heavy atom. The van der Waals surface area contributed by atoms with Crippen molar-refractivity contribution in [3.05, 3.63) is 53.6 Å². The van der Waals surface area contributed by atoms with E-state index < -0.39 is 0 Å². The molecule has 0 aromatic heterocycles. The molecule has 1 saturated carbocycles. The highest BCUT2D eigenvalue weighted by Crippen LogP contribution is 2.35. The van der Waals surface area contributed by atoms with E-state index >= 15 is 0 Å². The van der Waals surface area contributed by atoms with Gasteiger partial charge in [-0.05, 0) is 71.9 Å². The number of benzene rings is 2. The molecule has 0 saturated heterocycles. The normalized spacial score (nSPS) is 14.6. The molecule has 25 heavy (non-hydrogen) atoms. The van der Waals surface area contributed by atoms with Crippen LogP contribution in [0.5, 0.6) is 5.75 Å². The number of aryl methyl sites for hydroxylation is 1. The van der Waals surface area contributed by atoms with Gasteiger partial charge in [-0.3, -0.25) is 0 Å². The van der Waals surface area contributed by atoms with Gasteiger partial charge in [-0.2, -0.15) is 0 Å². The molecule has 0 radical (unpaired) electrons. The van der Waals surface area contributed by atoms with Crippen molar-refractivity contribution in [1.29, 1.82) is 0 Å². The van der Waals surface area contributed by atoms with Crippen molar-refractivity contribution in [2.45, 2.75) is 72.3 Å². The molecule has 1 aliphatic rings. The Morgan fingerprint density at radius 1 is 1.04 bits per heavy atom. The van der Waals surface area contributed by atoms with E-state index in [1.165, 1.54) is 47.9 Å². The monoisotopic (exact) mass is 336 g/mol. The number of ether oxygens (including phenoxy) is 1. The van der Waals surface area contributed by atoms with Crippen LogP contribution in [0.1, 0.15) is 64.5 Å². The lowest BCUT2D eigenvalue weighted by Crippen LogP contribution is -2.15. The van der Waals surface area contributed by atoms with Crippen molar-refractivity contribution in [1.82, 2.24) is 0 Å². The molecule has 0 unspecified atom stereocenters. The average molecular weight is 337 g/mol. The number of rotatable bonds is 8. The van der Waals surface area contributed by atoms with Gasteiger partial charge in [0, 0.05) is 0 Å². The second-order valence-electron chi connectivity index (χ2n) is 8.28. The van der Waals surface area contributed by atoms with Crippen LogP contribution >= 0.6 is 0 Å². The molecule has 2 aromatic rings. The van der Waals surface area contributed by atoms with Crippen LogP contribution < -0.4 is 4.74 Å². The highest BCUT2D eigenvalue weighted by atomic mass is 16.5. The Morgan fingerprint density at radius 3 is 2.52 bits per heavy atom. The van der Waals surface area contributed by atoms with Crippen molar-refractivity contribution in [3.8, 4) is 16.9 Å². The summed E-state index contributed by atoms with van der Waals surface area (Å²) in [5.74, 6) is 1.01. The lowest BCUT2D eigenvalue weighted by Gasteiger charge is -2.26. The van der Waals surface area contributed by atoms with E-state index in [9.17, 15) is 0 Å². The van der Waals surface area contributed by atoms with Crippen molar-refractivity contribution in [2.75, 3.05) is 0 Å². The van der Waals surface area contributed by atoms with Crippen LogP contribution in [-0.2, 0) is 12.8 Å². The largest absolute Gasteiger partial charge is 0.490 e. The fraction of sp³-hybridized carbons (Fsp3) is 0.500. The molecule has 0 heterocycles. The van der Waals surface area contributed by atoms with Gasteiger partial charge in [0.1, 0.15) is 5.75 Å². The molecule has 0 atom stereocenters. The molecule has 0 bridgehead atoms. The Balaban J connectivity index is 1.94. The average Bonchev–Trinajstić information content (AvgIpc) is 3.38. The third-order valence-corrected chi connectivity index (χ3v) is 5.15. The maximum Gasteiger partial charge on any atom is 0.120 e. The second kappa shape index (κ2) is 7.64. The van der Waals surface area contributed by atoms with Crippen molar-refractivity contribution >= 4 is 0 Å². The minimum absolute atomic E-state index is 0.331. The van der Waals surface area contributed by atoms with Gasteiger partial charge in [-0.1, -0.05) is 64.4 Å². The minimum Gasteiger partial charge on any atom is -0.490 e. The van der Waals surface area contributed by atoms with Crippen LogP contribution in [0, 0.1) is 5.41 Å². The van der Waals surface area contributed by atoms with Crippen LogP contribution in [0.2, 0.25) is 0 Å². The molecule has 2 aromatic carbocycles. The van der Waals surface area contributed by atoms with Gasteiger partial charge in [-0.25, -0.2) is 0 Å². The standard InChI is InChI=1S/C24H32O/c1-5-14-24(3,4)17-20-15-18(6-2)10-13-23(20)19-8-7-9-22(16-19)25-21-11-12-21/h7-10,13,15-16,21H,5-6,11-12,14,17H2,1-4H3. The van der Waals surface area contributed by atoms with Crippen molar-refractivity contribution < 1.29 is 4.74 Å². The summed E-state index contributed by atoms with van der Waals surface area (Å²) in [5.41, 5.74) is 5.88. The molecule has 0 spiro atoms. The Hall–Kier alpha value is -1.76. The molecular weight excluding hydrogens is 304 g/mol. The van der Waals surface area contributed by atoms with E-state index in [-0.39, 0.29) is 0 Å². The van der Waals surface area contributed by atoms with Crippen LogP contribution in [0.25, 0.3) is 11.1 Å². The molecule has 1 nitrogen and oxygen atoms in total. The molecular formula is C24H32O. The minimum atomic E-state index is 0.331. The van der Waals surface area contributed by atoms with E-state index in [1.54, 1.807) is 0 Å². The van der Waals surface area contributed by atoms with Crippen LogP contribution in [0.3, 0.4) is 0 Å². The SMILES string of the molecule is CCCC(C)(C)Cc1cc(CC)ccc1-c1cccc(OC2CC2)c1. The molecule has 134 valence electrons.